The van der Waals surface area contributed by atoms with Gasteiger partial charge in [-0.25, -0.2) is 4.98 Å². The third-order valence-corrected chi connectivity index (χ3v) is 6.04. The van der Waals surface area contributed by atoms with Crippen LogP contribution in [0.3, 0.4) is 0 Å². The Labute approximate surface area is 199 Å². The van der Waals surface area contributed by atoms with Gasteiger partial charge in [-0.1, -0.05) is 39.0 Å². The van der Waals surface area contributed by atoms with Crippen molar-refractivity contribution in [3.8, 4) is 11.5 Å². The first-order chi connectivity index (χ1) is 16.0. The van der Waals surface area contributed by atoms with E-state index in [1.54, 1.807) is 12.1 Å². The predicted molar refractivity (Wildman–Crippen MR) is 138 cm³/mol. The normalized spacial score (nSPS) is 11.8. The molecule has 1 aromatic heterocycles. The molecule has 0 aliphatic heterocycles. The van der Waals surface area contributed by atoms with Crippen LogP contribution in [0.5, 0.6) is 0 Å². The molecular weight excluding hydrogens is 430 g/mol. The van der Waals surface area contributed by atoms with Crippen LogP contribution in [0.2, 0.25) is 0 Å². The monoisotopic (exact) mass is 457 g/mol. The van der Waals surface area contributed by atoms with Gasteiger partial charge in [0.1, 0.15) is 5.52 Å². The van der Waals surface area contributed by atoms with E-state index < -0.39 is 0 Å². The zero-order chi connectivity index (χ0) is 23.4. The third kappa shape index (κ3) is 5.29. The molecule has 1 atom stereocenters. The van der Waals surface area contributed by atoms with Crippen LogP contribution >= 0.6 is 12.2 Å². The van der Waals surface area contributed by atoms with Gasteiger partial charge in [0.25, 0.3) is 5.91 Å². The van der Waals surface area contributed by atoms with Gasteiger partial charge in [0, 0.05) is 16.8 Å². The Bertz CT molecular complexity index is 1280. The van der Waals surface area contributed by atoms with Crippen molar-refractivity contribution in [1.82, 2.24) is 10.3 Å². The first kappa shape index (κ1) is 22.7. The van der Waals surface area contributed by atoms with Gasteiger partial charge < -0.3 is 9.73 Å². The average molecular weight is 458 g/mol. The van der Waals surface area contributed by atoms with Gasteiger partial charge in [0.05, 0.1) is 0 Å². The topological polar surface area (TPSA) is 67.2 Å². The van der Waals surface area contributed by atoms with E-state index >= 15 is 0 Å². The van der Waals surface area contributed by atoms with E-state index in [2.05, 4.69) is 48.5 Å². The van der Waals surface area contributed by atoms with E-state index in [0.29, 0.717) is 17.4 Å². The number of fused-ring (bicyclic) bond motifs is 1. The minimum atomic E-state index is -0.241. The number of oxazole rings is 1. The van der Waals surface area contributed by atoms with Crippen LogP contribution in [0.4, 0.5) is 5.69 Å². The lowest BCUT2D eigenvalue weighted by Crippen LogP contribution is -2.34. The maximum Gasteiger partial charge on any atom is 0.257 e. The molecule has 0 aliphatic carbocycles. The van der Waals surface area contributed by atoms with Crippen molar-refractivity contribution in [2.24, 2.45) is 0 Å². The minimum absolute atomic E-state index is 0.241. The minimum Gasteiger partial charge on any atom is -0.436 e. The van der Waals surface area contributed by atoms with E-state index in [9.17, 15) is 4.79 Å². The Balaban J connectivity index is 1.41. The van der Waals surface area contributed by atoms with Crippen molar-refractivity contribution >= 4 is 40.0 Å². The lowest BCUT2D eigenvalue weighted by Gasteiger charge is -2.10. The highest BCUT2D eigenvalue weighted by Crippen LogP contribution is 2.28. The van der Waals surface area contributed by atoms with Gasteiger partial charge in [0.2, 0.25) is 5.89 Å². The molecule has 1 heterocycles. The Morgan fingerprint density at radius 2 is 1.76 bits per heavy atom. The van der Waals surface area contributed by atoms with Gasteiger partial charge in [-0.3, -0.25) is 10.1 Å². The van der Waals surface area contributed by atoms with Crippen LogP contribution < -0.4 is 10.6 Å². The van der Waals surface area contributed by atoms with Crippen molar-refractivity contribution in [2.75, 3.05) is 5.32 Å². The fourth-order valence-electron chi connectivity index (χ4n) is 3.54. The summed E-state index contributed by atoms with van der Waals surface area (Å²) in [5.74, 6) is 0.819. The molecule has 0 saturated carbocycles. The summed E-state index contributed by atoms with van der Waals surface area (Å²) in [5, 5.41) is 6.00. The zero-order valence-corrected chi connectivity index (χ0v) is 19.8. The molecule has 0 spiro atoms. The van der Waals surface area contributed by atoms with Gasteiger partial charge >= 0.3 is 0 Å². The number of carbonyl (C=O) groups is 1. The SMILES string of the molecule is CCc1ccc(C(=O)NC(=S)Nc2ccc(-c3nc4cc([C@H](C)CC)ccc4o3)cc2)cc1. The Morgan fingerprint density at radius 3 is 2.42 bits per heavy atom. The number of thiocarbonyl (C=S) groups is 1. The van der Waals surface area contributed by atoms with Crippen LogP contribution in [0.15, 0.2) is 71.1 Å². The molecule has 6 heteroatoms. The van der Waals surface area contributed by atoms with Gasteiger partial charge in [-0.15, -0.1) is 0 Å². The van der Waals surface area contributed by atoms with E-state index in [0.717, 1.165) is 35.2 Å². The molecule has 0 fully saturated rings. The number of hydrogen-bond acceptors (Lipinski definition) is 4. The highest BCUT2D eigenvalue weighted by atomic mass is 32.1. The molecule has 0 unspecified atom stereocenters. The second-order valence-corrected chi connectivity index (χ2v) is 8.50. The standard InChI is InChI=1S/C27H27N3O2S/c1-4-17(3)21-12-15-24-23(16-21)29-26(32-24)20-10-13-22(14-11-20)28-27(33)30-25(31)19-8-6-18(5-2)7-9-19/h6-17H,4-5H2,1-3H3,(H2,28,30,31,33)/t17-/m1/s1. The predicted octanol–water partition coefficient (Wildman–Crippen LogP) is 6.70. The number of anilines is 1. The molecule has 4 aromatic rings. The molecule has 4 rings (SSSR count). The Morgan fingerprint density at radius 1 is 1.03 bits per heavy atom. The fraction of sp³-hybridized carbons (Fsp3) is 0.222. The summed E-state index contributed by atoms with van der Waals surface area (Å²) in [6.45, 7) is 6.47. The molecule has 0 radical (unpaired) electrons. The molecule has 1 amide bonds. The van der Waals surface area contributed by atoms with Crippen LogP contribution in [-0.2, 0) is 6.42 Å². The number of nitrogens with one attached hydrogen (secondary N) is 2. The summed E-state index contributed by atoms with van der Waals surface area (Å²) in [7, 11) is 0. The van der Waals surface area contributed by atoms with Crippen molar-refractivity contribution in [1.29, 1.82) is 0 Å². The summed E-state index contributed by atoms with van der Waals surface area (Å²) in [4.78, 5) is 17.1. The lowest BCUT2D eigenvalue weighted by molar-refractivity contribution is 0.0977. The highest BCUT2D eigenvalue weighted by Gasteiger charge is 2.12. The van der Waals surface area contributed by atoms with E-state index in [-0.39, 0.29) is 11.0 Å². The Hall–Kier alpha value is -3.51. The van der Waals surface area contributed by atoms with Crippen molar-refractivity contribution in [3.63, 3.8) is 0 Å². The smallest absolute Gasteiger partial charge is 0.257 e. The van der Waals surface area contributed by atoms with Crippen molar-refractivity contribution < 1.29 is 9.21 Å². The van der Waals surface area contributed by atoms with Gasteiger partial charge in [-0.05, 0) is 90.6 Å². The number of rotatable bonds is 6. The molecule has 33 heavy (non-hydrogen) atoms. The largest absolute Gasteiger partial charge is 0.436 e. The quantitative estimate of drug-likeness (QED) is 0.315. The second-order valence-electron chi connectivity index (χ2n) is 8.09. The third-order valence-electron chi connectivity index (χ3n) is 5.83. The number of amides is 1. The molecule has 3 aromatic carbocycles. The molecule has 2 N–H and O–H groups in total. The number of hydrogen-bond donors (Lipinski definition) is 2. The van der Waals surface area contributed by atoms with E-state index in [4.69, 9.17) is 16.6 Å². The average Bonchev–Trinajstić information content (AvgIpc) is 3.27. The molecular formula is C27H27N3O2S. The van der Waals surface area contributed by atoms with Crippen LogP contribution in [-0.4, -0.2) is 16.0 Å². The number of carbonyl (C=O) groups excluding carboxylic acids is 1. The van der Waals surface area contributed by atoms with Crippen LogP contribution in [0.25, 0.3) is 22.6 Å². The van der Waals surface area contributed by atoms with E-state index in [1.807, 2.05) is 42.5 Å². The van der Waals surface area contributed by atoms with Crippen molar-refractivity contribution in [2.45, 2.75) is 39.5 Å². The highest BCUT2D eigenvalue weighted by molar-refractivity contribution is 7.80. The summed E-state index contributed by atoms with van der Waals surface area (Å²) in [6.07, 6.45) is 2.01. The Kier molecular flexibility index (Phi) is 6.84. The van der Waals surface area contributed by atoms with Crippen molar-refractivity contribution in [3.05, 3.63) is 83.4 Å². The van der Waals surface area contributed by atoms with Crippen LogP contribution in [0, 0.1) is 0 Å². The number of aromatic nitrogens is 1. The summed E-state index contributed by atoms with van der Waals surface area (Å²) < 4.78 is 5.95. The molecule has 0 aliphatic rings. The summed E-state index contributed by atoms with van der Waals surface area (Å²) in [5.41, 5.74) is 6.28. The maximum atomic E-state index is 12.4. The van der Waals surface area contributed by atoms with Gasteiger partial charge in [-0.2, -0.15) is 0 Å². The number of aryl methyl sites for hydroxylation is 1. The first-order valence-electron chi connectivity index (χ1n) is 11.2. The fourth-order valence-corrected chi connectivity index (χ4v) is 3.75. The lowest BCUT2D eigenvalue weighted by atomic mass is 9.98. The summed E-state index contributed by atoms with van der Waals surface area (Å²) >= 11 is 5.30. The van der Waals surface area contributed by atoms with Crippen LogP contribution in [0.1, 0.15) is 54.6 Å². The number of nitrogens with zero attached hydrogens (tertiary/aromatic N) is 1. The zero-order valence-electron chi connectivity index (χ0n) is 19.0. The molecule has 0 saturated heterocycles. The molecule has 168 valence electrons. The first-order valence-corrected chi connectivity index (χ1v) is 11.6. The molecule has 5 nitrogen and oxygen atoms in total. The van der Waals surface area contributed by atoms with Gasteiger partial charge in [0.15, 0.2) is 10.7 Å². The second kappa shape index (κ2) is 9.96. The van der Waals surface area contributed by atoms with E-state index in [1.165, 1.54) is 11.1 Å². The summed E-state index contributed by atoms with van der Waals surface area (Å²) in [6, 6.07) is 21.3. The molecule has 0 bridgehead atoms. The maximum absolute atomic E-state index is 12.4. The number of benzene rings is 3.